The molecule has 2 rings (SSSR count). The predicted octanol–water partition coefficient (Wildman–Crippen LogP) is 2.97. The second-order valence-corrected chi connectivity index (χ2v) is 4.47. The lowest BCUT2D eigenvalue weighted by atomic mass is 10.1. The minimum absolute atomic E-state index is 0.330. The Balaban J connectivity index is 2.18. The third-order valence-corrected chi connectivity index (χ3v) is 3.21. The predicted molar refractivity (Wildman–Crippen MR) is 68.0 cm³/mol. The molecule has 0 aliphatic heterocycles. The van der Waals surface area contributed by atoms with Gasteiger partial charge in [0, 0.05) is 18.0 Å². The van der Waals surface area contributed by atoms with E-state index in [9.17, 15) is 9.50 Å². The molecule has 0 aliphatic carbocycles. The van der Waals surface area contributed by atoms with Crippen LogP contribution in [0.2, 0.25) is 5.02 Å². The summed E-state index contributed by atoms with van der Waals surface area (Å²) in [5, 5.41) is 10.5. The zero-order chi connectivity index (χ0) is 13.1. The number of aromatic nitrogens is 2. The average molecular weight is 269 g/mol. The van der Waals surface area contributed by atoms with Gasteiger partial charge in [0.05, 0.1) is 24.3 Å². The molecule has 0 amide bonds. The van der Waals surface area contributed by atoms with Crippen molar-refractivity contribution in [3.05, 3.63) is 52.8 Å². The molecular weight excluding hydrogens is 255 g/mol. The summed E-state index contributed by atoms with van der Waals surface area (Å²) in [4.78, 5) is 4.00. The molecule has 0 fully saturated rings. The number of benzene rings is 1. The molecule has 0 saturated carbocycles. The van der Waals surface area contributed by atoms with Gasteiger partial charge in [0.1, 0.15) is 5.82 Å². The highest BCUT2D eigenvalue weighted by Crippen LogP contribution is 2.24. The fourth-order valence-electron chi connectivity index (χ4n) is 1.87. The highest BCUT2D eigenvalue weighted by atomic mass is 35.5. The van der Waals surface area contributed by atoms with Crippen LogP contribution in [0.5, 0.6) is 0 Å². The van der Waals surface area contributed by atoms with E-state index in [0.29, 0.717) is 11.4 Å². The Morgan fingerprint density at radius 2 is 2.28 bits per heavy atom. The van der Waals surface area contributed by atoms with Crippen molar-refractivity contribution in [2.75, 3.05) is 0 Å². The molecule has 96 valence electrons. The van der Waals surface area contributed by atoms with Crippen LogP contribution in [0.15, 0.2) is 30.7 Å². The average Bonchev–Trinajstić information content (AvgIpc) is 2.81. The lowest BCUT2D eigenvalue weighted by molar-refractivity contribution is 0.169. The van der Waals surface area contributed by atoms with Crippen LogP contribution in [0.1, 0.15) is 24.3 Å². The van der Waals surface area contributed by atoms with Crippen LogP contribution >= 0.6 is 11.6 Å². The van der Waals surface area contributed by atoms with Crippen LogP contribution in [-0.2, 0) is 13.0 Å². The third-order valence-electron chi connectivity index (χ3n) is 2.85. The van der Waals surface area contributed by atoms with Crippen molar-refractivity contribution < 1.29 is 9.50 Å². The molecule has 0 spiro atoms. The summed E-state index contributed by atoms with van der Waals surface area (Å²) in [5.41, 5.74) is 1.45. The quantitative estimate of drug-likeness (QED) is 0.926. The molecule has 1 N–H and O–H groups in total. The zero-order valence-electron chi connectivity index (χ0n) is 9.98. The van der Waals surface area contributed by atoms with Crippen molar-refractivity contribution >= 4 is 11.6 Å². The Morgan fingerprint density at radius 3 is 2.94 bits per heavy atom. The van der Waals surface area contributed by atoms with Crippen molar-refractivity contribution in [3.63, 3.8) is 0 Å². The molecule has 3 nitrogen and oxygen atoms in total. The van der Waals surface area contributed by atoms with Crippen molar-refractivity contribution in [1.29, 1.82) is 0 Å². The fourth-order valence-corrected chi connectivity index (χ4v) is 2.12. The van der Waals surface area contributed by atoms with Crippen molar-refractivity contribution in [2.24, 2.45) is 0 Å². The van der Waals surface area contributed by atoms with E-state index < -0.39 is 6.10 Å². The summed E-state index contributed by atoms with van der Waals surface area (Å²) in [6.07, 6.45) is 2.94. The van der Waals surface area contributed by atoms with E-state index in [-0.39, 0.29) is 5.82 Å². The second kappa shape index (κ2) is 5.50. The number of aliphatic hydroxyl groups excluding tert-OH is 1. The first-order valence-corrected chi connectivity index (χ1v) is 6.11. The molecule has 0 saturated heterocycles. The summed E-state index contributed by atoms with van der Waals surface area (Å²) < 4.78 is 14.8. The van der Waals surface area contributed by atoms with Gasteiger partial charge < -0.3 is 9.67 Å². The normalized spacial score (nSPS) is 12.7. The topological polar surface area (TPSA) is 38.0 Å². The zero-order valence-corrected chi connectivity index (χ0v) is 10.7. The number of hydrogen-bond acceptors (Lipinski definition) is 2. The Bertz CT molecular complexity index is 542. The summed E-state index contributed by atoms with van der Waals surface area (Å²) in [6, 6.07) is 4.18. The number of hydrogen-bond donors (Lipinski definition) is 1. The van der Waals surface area contributed by atoms with Crippen LogP contribution in [0.25, 0.3) is 0 Å². The van der Waals surface area contributed by atoms with Crippen molar-refractivity contribution in [1.82, 2.24) is 9.55 Å². The van der Waals surface area contributed by atoms with E-state index in [2.05, 4.69) is 4.98 Å². The van der Waals surface area contributed by atoms with Crippen LogP contribution in [0.3, 0.4) is 0 Å². The van der Waals surface area contributed by atoms with Gasteiger partial charge in [-0.25, -0.2) is 9.37 Å². The van der Waals surface area contributed by atoms with Crippen LogP contribution < -0.4 is 0 Å². The molecule has 0 aliphatic rings. The smallest absolute Gasteiger partial charge is 0.124 e. The summed E-state index contributed by atoms with van der Waals surface area (Å²) in [5.74, 6) is -0.378. The van der Waals surface area contributed by atoms with Gasteiger partial charge in [0.15, 0.2) is 0 Å². The minimum Gasteiger partial charge on any atom is -0.386 e. The van der Waals surface area contributed by atoms with E-state index in [1.807, 2.05) is 11.5 Å². The Kier molecular flexibility index (Phi) is 3.99. The SMILES string of the molecule is CCn1cncc1C(O)Cc1ccc(F)cc1Cl. The number of aryl methyl sites for hydroxylation is 1. The Hall–Kier alpha value is -1.39. The molecule has 1 aromatic carbocycles. The number of rotatable bonds is 4. The Morgan fingerprint density at radius 1 is 1.50 bits per heavy atom. The van der Waals surface area contributed by atoms with Crippen molar-refractivity contribution in [3.8, 4) is 0 Å². The second-order valence-electron chi connectivity index (χ2n) is 4.06. The molecule has 1 unspecified atom stereocenters. The Labute approximate surface area is 110 Å². The van der Waals surface area contributed by atoms with Gasteiger partial charge in [-0.1, -0.05) is 17.7 Å². The van der Waals surface area contributed by atoms with E-state index >= 15 is 0 Å². The van der Waals surface area contributed by atoms with Gasteiger partial charge in [-0.15, -0.1) is 0 Å². The standard InChI is InChI=1S/C13H14ClFN2O/c1-2-17-8-16-7-12(17)13(18)5-9-3-4-10(15)6-11(9)14/h3-4,6-8,13,18H,2,5H2,1H3. The number of halogens is 2. The largest absolute Gasteiger partial charge is 0.386 e. The highest BCUT2D eigenvalue weighted by molar-refractivity contribution is 6.31. The molecule has 0 radical (unpaired) electrons. The summed E-state index contributed by atoms with van der Waals surface area (Å²) >= 11 is 5.94. The first-order valence-electron chi connectivity index (χ1n) is 5.73. The van der Waals surface area contributed by atoms with Gasteiger partial charge in [0.2, 0.25) is 0 Å². The van der Waals surface area contributed by atoms with Crippen LogP contribution in [-0.4, -0.2) is 14.7 Å². The molecule has 1 aromatic heterocycles. The number of nitrogens with zero attached hydrogens (tertiary/aromatic N) is 2. The monoisotopic (exact) mass is 268 g/mol. The van der Waals surface area contributed by atoms with E-state index in [1.54, 1.807) is 18.6 Å². The third kappa shape index (κ3) is 2.71. The number of imidazole rings is 1. The van der Waals surface area contributed by atoms with Crippen molar-refractivity contribution in [2.45, 2.75) is 26.0 Å². The first kappa shape index (κ1) is 13.1. The van der Waals surface area contributed by atoms with E-state index in [0.717, 1.165) is 17.8 Å². The minimum atomic E-state index is -0.699. The fraction of sp³-hybridized carbons (Fsp3) is 0.308. The van der Waals surface area contributed by atoms with Gasteiger partial charge in [-0.05, 0) is 24.6 Å². The van der Waals surface area contributed by atoms with Gasteiger partial charge in [0.25, 0.3) is 0 Å². The molecular formula is C13H14ClFN2O. The van der Waals surface area contributed by atoms with Crippen LogP contribution in [0, 0.1) is 5.82 Å². The maximum atomic E-state index is 12.9. The summed E-state index contributed by atoms with van der Waals surface area (Å²) in [6.45, 7) is 2.71. The molecule has 2 aromatic rings. The maximum absolute atomic E-state index is 12.9. The maximum Gasteiger partial charge on any atom is 0.124 e. The summed E-state index contributed by atoms with van der Waals surface area (Å²) in [7, 11) is 0. The lowest BCUT2D eigenvalue weighted by Gasteiger charge is -2.13. The van der Waals surface area contributed by atoms with Gasteiger partial charge in [-0.2, -0.15) is 0 Å². The van der Waals surface area contributed by atoms with Gasteiger partial charge in [-0.3, -0.25) is 0 Å². The molecule has 5 heteroatoms. The van der Waals surface area contributed by atoms with Gasteiger partial charge >= 0.3 is 0 Å². The number of aliphatic hydroxyl groups is 1. The molecule has 0 bridgehead atoms. The highest BCUT2D eigenvalue weighted by Gasteiger charge is 2.14. The molecule has 1 heterocycles. The first-order chi connectivity index (χ1) is 8.61. The van der Waals surface area contributed by atoms with E-state index in [4.69, 9.17) is 11.6 Å². The molecule has 1 atom stereocenters. The van der Waals surface area contributed by atoms with E-state index in [1.165, 1.54) is 12.1 Å². The lowest BCUT2D eigenvalue weighted by Crippen LogP contribution is -2.08. The molecule has 18 heavy (non-hydrogen) atoms. The van der Waals surface area contributed by atoms with Crippen LogP contribution in [0.4, 0.5) is 4.39 Å².